The number of benzene rings is 1. The maximum Gasteiger partial charge on any atom is 0.322 e. The van der Waals surface area contributed by atoms with Gasteiger partial charge in [0, 0.05) is 12.1 Å². The van der Waals surface area contributed by atoms with Crippen LogP contribution in [0, 0.1) is 10.1 Å². The number of nitrogens with one attached hydrogen (secondary N) is 1. The van der Waals surface area contributed by atoms with Crippen molar-refractivity contribution >= 4 is 27.2 Å². The molecule has 2 heterocycles. The number of amides is 2. The van der Waals surface area contributed by atoms with Crippen molar-refractivity contribution in [3.05, 3.63) is 28.3 Å². The van der Waals surface area contributed by atoms with E-state index < -0.39 is 32.9 Å². The second-order valence-electron chi connectivity index (χ2n) is 5.00. The van der Waals surface area contributed by atoms with Gasteiger partial charge in [0.1, 0.15) is 5.75 Å². The summed E-state index contributed by atoms with van der Waals surface area (Å²) in [6.45, 7) is 0. The largest absolute Gasteiger partial charge is 0.506 e. The van der Waals surface area contributed by atoms with Crippen LogP contribution in [0.1, 0.15) is 0 Å². The summed E-state index contributed by atoms with van der Waals surface area (Å²) in [5, 5.41) is 23.2. The lowest BCUT2D eigenvalue weighted by Crippen LogP contribution is -2.37. The number of urea groups is 1. The molecule has 2 amide bonds. The van der Waals surface area contributed by atoms with Gasteiger partial charge in [0.15, 0.2) is 9.84 Å². The second kappa shape index (κ2) is 4.32. The number of nitro groups is 1. The molecule has 2 N–H and O–H groups in total. The monoisotopic (exact) mass is 313 g/mol. The number of carbonyl (C=O) groups excluding carboxylic acids is 1. The summed E-state index contributed by atoms with van der Waals surface area (Å²) >= 11 is 0. The summed E-state index contributed by atoms with van der Waals surface area (Å²) < 4.78 is 23.3. The maximum atomic E-state index is 12.0. The summed E-state index contributed by atoms with van der Waals surface area (Å²) in [5.41, 5.74) is -0.355. The number of rotatable bonds is 2. The van der Waals surface area contributed by atoms with Crippen LogP contribution in [-0.2, 0) is 9.84 Å². The molecule has 2 aliphatic rings. The van der Waals surface area contributed by atoms with Crippen molar-refractivity contribution in [3.8, 4) is 5.75 Å². The van der Waals surface area contributed by atoms with Crippen LogP contribution in [0.5, 0.6) is 5.75 Å². The SMILES string of the molecule is O=C1N[C@@H]2CS(=O)(=O)C[C@H]2N1c1cc([N+](=O)[O-])ccc1O. The van der Waals surface area contributed by atoms with Crippen molar-refractivity contribution < 1.29 is 23.2 Å². The highest BCUT2D eigenvalue weighted by molar-refractivity contribution is 7.91. The minimum Gasteiger partial charge on any atom is -0.506 e. The second-order valence-corrected chi connectivity index (χ2v) is 7.15. The van der Waals surface area contributed by atoms with Gasteiger partial charge < -0.3 is 10.4 Å². The first-order valence-corrected chi connectivity index (χ1v) is 7.88. The van der Waals surface area contributed by atoms with E-state index in [1.807, 2.05) is 0 Å². The van der Waals surface area contributed by atoms with Gasteiger partial charge in [0.2, 0.25) is 0 Å². The first-order chi connectivity index (χ1) is 9.78. The van der Waals surface area contributed by atoms with E-state index in [1.54, 1.807) is 0 Å². The van der Waals surface area contributed by atoms with E-state index in [-0.39, 0.29) is 28.6 Å². The number of sulfone groups is 1. The Morgan fingerprint density at radius 2 is 2.10 bits per heavy atom. The zero-order valence-electron chi connectivity index (χ0n) is 10.6. The van der Waals surface area contributed by atoms with Crippen LogP contribution < -0.4 is 10.2 Å². The zero-order chi connectivity index (χ0) is 15.4. The fraction of sp³-hybridized carbons (Fsp3) is 0.364. The standard InChI is InChI=1S/C11H11N3O6S/c15-10-2-1-6(14(17)18)3-8(10)13-9-5-21(19,20)4-7(9)12-11(13)16/h1-3,7,9,15H,4-5H2,(H,12,16)/t7-,9-/m1/s1. The average molecular weight is 313 g/mol. The number of aromatic hydroxyl groups is 1. The van der Waals surface area contributed by atoms with Crippen molar-refractivity contribution in [1.82, 2.24) is 5.32 Å². The van der Waals surface area contributed by atoms with Crippen molar-refractivity contribution in [2.75, 3.05) is 16.4 Å². The molecule has 2 fully saturated rings. The Bertz CT molecular complexity index is 746. The Morgan fingerprint density at radius 3 is 2.76 bits per heavy atom. The number of hydrogen-bond donors (Lipinski definition) is 2. The Morgan fingerprint density at radius 1 is 1.38 bits per heavy atom. The minimum atomic E-state index is -3.28. The fourth-order valence-electron chi connectivity index (χ4n) is 2.71. The van der Waals surface area contributed by atoms with Gasteiger partial charge >= 0.3 is 6.03 Å². The number of phenols is 1. The predicted octanol–water partition coefficient (Wildman–Crippen LogP) is -0.00440. The average Bonchev–Trinajstić information content (AvgIpc) is 2.80. The highest BCUT2D eigenvalue weighted by Crippen LogP contribution is 2.37. The molecule has 10 heteroatoms. The normalized spacial score (nSPS) is 26.5. The molecule has 0 unspecified atom stereocenters. The summed E-state index contributed by atoms with van der Waals surface area (Å²) in [7, 11) is -3.28. The molecule has 0 bridgehead atoms. The topological polar surface area (TPSA) is 130 Å². The number of fused-ring (bicyclic) bond motifs is 1. The van der Waals surface area contributed by atoms with E-state index in [1.165, 1.54) is 0 Å². The van der Waals surface area contributed by atoms with Gasteiger partial charge in [-0.05, 0) is 6.07 Å². The number of phenolic OH excluding ortho intramolecular Hbond substituents is 1. The molecule has 2 aliphatic heterocycles. The molecule has 0 spiro atoms. The molecule has 0 aromatic heterocycles. The van der Waals surface area contributed by atoms with Crippen LogP contribution in [0.4, 0.5) is 16.2 Å². The Kier molecular flexibility index (Phi) is 2.80. The first-order valence-electron chi connectivity index (χ1n) is 6.06. The van der Waals surface area contributed by atoms with Crippen LogP contribution in [-0.4, -0.2) is 48.1 Å². The lowest BCUT2D eigenvalue weighted by molar-refractivity contribution is -0.384. The third-order valence-electron chi connectivity index (χ3n) is 3.61. The van der Waals surface area contributed by atoms with Crippen molar-refractivity contribution in [1.29, 1.82) is 0 Å². The highest BCUT2D eigenvalue weighted by Gasteiger charge is 2.50. The lowest BCUT2D eigenvalue weighted by atomic mass is 10.1. The smallest absolute Gasteiger partial charge is 0.322 e. The first kappa shape index (κ1) is 13.6. The third kappa shape index (κ3) is 2.17. The van der Waals surface area contributed by atoms with Gasteiger partial charge in [0.05, 0.1) is 34.2 Å². The molecular formula is C11H11N3O6S. The van der Waals surface area contributed by atoms with E-state index in [0.29, 0.717) is 0 Å². The molecule has 21 heavy (non-hydrogen) atoms. The third-order valence-corrected chi connectivity index (χ3v) is 5.33. The van der Waals surface area contributed by atoms with Gasteiger partial charge in [-0.1, -0.05) is 0 Å². The lowest BCUT2D eigenvalue weighted by Gasteiger charge is -2.21. The summed E-state index contributed by atoms with van der Waals surface area (Å²) in [6, 6.07) is 1.46. The van der Waals surface area contributed by atoms with E-state index in [0.717, 1.165) is 23.1 Å². The van der Waals surface area contributed by atoms with Crippen LogP contribution >= 0.6 is 0 Å². The fourth-order valence-corrected chi connectivity index (χ4v) is 4.60. The van der Waals surface area contributed by atoms with Crippen LogP contribution in [0.15, 0.2) is 18.2 Å². The Balaban J connectivity index is 2.05. The summed E-state index contributed by atoms with van der Waals surface area (Å²) in [5.74, 6) is -0.727. The van der Waals surface area contributed by atoms with Crippen LogP contribution in [0.25, 0.3) is 0 Å². The Labute approximate surface area is 119 Å². The molecule has 9 nitrogen and oxygen atoms in total. The van der Waals surface area contributed by atoms with E-state index in [9.17, 15) is 28.4 Å². The number of nitro benzene ring substituents is 1. The van der Waals surface area contributed by atoms with E-state index in [2.05, 4.69) is 5.32 Å². The molecule has 0 aliphatic carbocycles. The van der Waals surface area contributed by atoms with E-state index in [4.69, 9.17) is 0 Å². The number of non-ortho nitro benzene ring substituents is 1. The number of nitrogens with zero attached hydrogens (tertiary/aromatic N) is 2. The molecule has 1 aromatic rings. The molecule has 3 rings (SSSR count). The van der Waals surface area contributed by atoms with Crippen molar-refractivity contribution in [2.24, 2.45) is 0 Å². The quantitative estimate of drug-likeness (QED) is 0.449. The van der Waals surface area contributed by atoms with Gasteiger partial charge in [-0.3, -0.25) is 15.0 Å². The zero-order valence-corrected chi connectivity index (χ0v) is 11.4. The van der Waals surface area contributed by atoms with Crippen molar-refractivity contribution in [3.63, 3.8) is 0 Å². The molecule has 112 valence electrons. The van der Waals surface area contributed by atoms with Gasteiger partial charge in [-0.25, -0.2) is 13.2 Å². The molecular weight excluding hydrogens is 302 g/mol. The van der Waals surface area contributed by atoms with E-state index >= 15 is 0 Å². The van der Waals surface area contributed by atoms with Crippen molar-refractivity contribution in [2.45, 2.75) is 12.1 Å². The molecule has 1 aromatic carbocycles. The molecule has 2 atom stereocenters. The number of carbonyl (C=O) groups is 1. The van der Waals surface area contributed by atoms with Crippen LogP contribution in [0.3, 0.4) is 0 Å². The minimum absolute atomic E-state index is 0.0636. The summed E-state index contributed by atoms with van der Waals surface area (Å²) in [4.78, 5) is 23.2. The molecule has 0 radical (unpaired) electrons. The predicted molar refractivity (Wildman–Crippen MR) is 72.0 cm³/mol. The Hall–Kier alpha value is -2.36. The van der Waals surface area contributed by atoms with Gasteiger partial charge in [-0.2, -0.15) is 0 Å². The molecule has 2 saturated heterocycles. The highest BCUT2D eigenvalue weighted by atomic mass is 32.2. The van der Waals surface area contributed by atoms with Crippen LogP contribution in [0.2, 0.25) is 0 Å². The summed E-state index contributed by atoms with van der Waals surface area (Å²) in [6.07, 6.45) is 0. The van der Waals surface area contributed by atoms with Gasteiger partial charge in [-0.15, -0.1) is 0 Å². The number of hydrogen-bond acceptors (Lipinski definition) is 6. The maximum absolute atomic E-state index is 12.0. The van der Waals surface area contributed by atoms with Gasteiger partial charge in [0.25, 0.3) is 5.69 Å². The molecule has 0 saturated carbocycles. The number of anilines is 1.